The highest BCUT2D eigenvalue weighted by Crippen LogP contribution is 2.60. The van der Waals surface area contributed by atoms with Crippen LogP contribution in [0.2, 0.25) is 0 Å². The van der Waals surface area contributed by atoms with Crippen molar-refractivity contribution in [3.05, 3.63) is 388 Å². The van der Waals surface area contributed by atoms with Gasteiger partial charge < -0.3 is 4.90 Å². The number of anilines is 3. The van der Waals surface area contributed by atoms with E-state index < -0.39 is 0 Å². The first-order valence-electron chi connectivity index (χ1n) is 42.0. The summed E-state index contributed by atoms with van der Waals surface area (Å²) in [7, 11) is 0. The smallest absolute Gasteiger partial charge is 0.0461 e. The topological polar surface area (TPSA) is 3.24 Å². The lowest BCUT2D eigenvalue weighted by molar-refractivity contribution is 0.397. The summed E-state index contributed by atoms with van der Waals surface area (Å²) in [6.07, 6.45) is 20.3. The SMILES string of the molecule is CCCCCCCCC1(CCCCCCCC)c2cc(C)ccc2-c2ccc(C)cc21.Cc1ccc(-c2c3c(c(-c4ccc(C)cc4)c4ccccc24)-c2ccc(-c4ccccc4)c4c(-c5ccccc5)ccc-3c24)cc1.Cc1ccc(Cc2ccc(C)cc2)cc1.Cc1ccc(N(c2ccccc2)c2ccc(C)cc2)cc1. The zero-order chi connectivity index (χ0) is 78.2. The van der Waals surface area contributed by atoms with Gasteiger partial charge in [0.05, 0.1) is 0 Å². The van der Waals surface area contributed by atoms with Crippen LogP contribution in [0.3, 0.4) is 0 Å². The molecule has 0 aromatic heterocycles. The van der Waals surface area contributed by atoms with E-state index in [-0.39, 0.29) is 5.41 Å². The average Bonchev–Trinajstić information content (AvgIpc) is 1.54. The van der Waals surface area contributed by atoms with Crippen molar-refractivity contribution >= 4 is 38.6 Å². The summed E-state index contributed by atoms with van der Waals surface area (Å²) in [5, 5.41) is 5.24. The van der Waals surface area contributed by atoms with Crippen molar-refractivity contribution in [1.82, 2.24) is 0 Å². The van der Waals surface area contributed by atoms with Crippen LogP contribution in [0.15, 0.2) is 322 Å². The van der Waals surface area contributed by atoms with Gasteiger partial charge in [-0.1, -0.05) is 421 Å². The molecule has 566 valence electrons. The molecule has 0 saturated carbocycles. The molecular formula is C112H113N. The van der Waals surface area contributed by atoms with Crippen LogP contribution in [0.4, 0.5) is 17.1 Å². The lowest BCUT2D eigenvalue weighted by Gasteiger charge is -2.33. The number of fused-ring (bicyclic) bond motifs is 7. The van der Waals surface area contributed by atoms with Crippen LogP contribution in [0, 0.1) is 55.4 Å². The van der Waals surface area contributed by atoms with Crippen LogP contribution < -0.4 is 4.90 Å². The second kappa shape index (κ2) is 36.8. The molecule has 1 nitrogen and oxygen atoms in total. The van der Waals surface area contributed by atoms with E-state index in [1.165, 1.54) is 262 Å². The van der Waals surface area contributed by atoms with Gasteiger partial charge in [-0.25, -0.2) is 0 Å². The highest BCUT2D eigenvalue weighted by atomic mass is 15.1. The van der Waals surface area contributed by atoms with Crippen molar-refractivity contribution in [2.45, 2.75) is 171 Å². The first kappa shape index (κ1) is 78.3. The van der Waals surface area contributed by atoms with Crippen LogP contribution in [0.5, 0.6) is 0 Å². The Hall–Kier alpha value is -11.4. The Morgan fingerprint density at radius 2 is 0.522 bits per heavy atom. The summed E-state index contributed by atoms with van der Waals surface area (Å²) in [5.41, 5.74) is 38.8. The summed E-state index contributed by atoms with van der Waals surface area (Å²) in [6.45, 7) is 22.0. The van der Waals surface area contributed by atoms with Gasteiger partial charge in [0.15, 0.2) is 0 Å². The van der Waals surface area contributed by atoms with Crippen LogP contribution in [-0.4, -0.2) is 0 Å². The summed E-state index contributed by atoms with van der Waals surface area (Å²) in [4.78, 5) is 2.28. The molecule has 15 aromatic rings. The first-order chi connectivity index (χ1) is 55.3. The van der Waals surface area contributed by atoms with E-state index in [2.05, 4.69) is 390 Å². The fraction of sp³-hybridized carbons (Fsp3) is 0.232. The maximum absolute atomic E-state index is 2.53. The Morgan fingerprint density at radius 1 is 0.230 bits per heavy atom. The fourth-order valence-electron chi connectivity index (χ4n) is 17.5. The Kier molecular flexibility index (Phi) is 25.5. The summed E-state index contributed by atoms with van der Waals surface area (Å²) >= 11 is 0. The van der Waals surface area contributed by atoms with Crippen molar-refractivity contribution in [3.8, 4) is 77.9 Å². The van der Waals surface area contributed by atoms with E-state index in [0.29, 0.717) is 0 Å². The fourth-order valence-corrected chi connectivity index (χ4v) is 17.5. The molecule has 17 rings (SSSR count). The molecular weight excluding hydrogens is 1360 g/mol. The largest absolute Gasteiger partial charge is 0.311 e. The van der Waals surface area contributed by atoms with Gasteiger partial charge in [-0.3, -0.25) is 0 Å². The molecule has 15 aromatic carbocycles. The molecule has 0 amide bonds. The van der Waals surface area contributed by atoms with Gasteiger partial charge in [-0.05, 0) is 233 Å². The molecule has 0 radical (unpaired) electrons. The zero-order valence-corrected chi connectivity index (χ0v) is 68.7. The molecule has 0 N–H and O–H groups in total. The van der Waals surface area contributed by atoms with Gasteiger partial charge in [0.2, 0.25) is 0 Å². The molecule has 2 aliphatic rings. The molecule has 0 unspecified atom stereocenters. The maximum atomic E-state index is 2.53. The number of hydrogen-bond donors (Lipinski definition) is 0. The van der Waals surface area contributed by atoms with Gasteiger partial charge in [-0.15, -0.1) is 0 Å². The molecule has 0 atom stereocenters. The molecule has 2 aliphatic carbocycles. The van der Waals surface area contributed by atoms with Crippen molar-refractivity contribution in [2.24, 2.45) is 0 Å². The van der Waals surface area contributed by atoms with Crippen molar-refractivity contribution in [3.63, 3.8) is 0 Å². The Morgan fingerprint density at radius 3 is 0.903 bits per heavy atom. The second-order valence-corrected chi connectivity index (χ2v) is 32.3. The van der Waals surface area contributed by atoms with Crippen LogP contribution in [-0.2, 0) is 11.8 Å². The number of aryl methyl sites for hydroxylation is 8. The van der Waals surface area contributed by atoms with E-state index in [1.807, 2.05) is 6.07 Å². The van der Waals surface area contributed by atoms with Crippen LogP contribution in [0.25, 0.3) is 99.4 Å². The minimum Gasteiger partial charge on any atom is -0.311 e. The average molecular weight is 1470 g/mol. The highest BCUT2D eigenvalue weighted by molar-refractivity contribution is 6.30. The zero-order valence-electron chi connectivity index (χ0n) is 68.7. The number of hydrogen-bond acceptors (Lipinski definition) is 1. The molecule has 0 spiro atoms. The Bertz CT molecular complexity index is 5300. The van der Waals surface area contributed by atoms with Crippen molar-refractivity contribution < 1.29 is 0 Å². The minimum absolute atomic E-state index is 0.234. The molecule has 0 fully saturated rings. The lowest BCUT2D eigenvalue weighted by atomic mass is 9.70. The second-order valence-electron chi connectivity index (χ2n) is 32.3. The third-order valence-electron chi connectivity index (χ3n) is 23.6. The quantitative estimate of drug-likeness (QED) is 0.0577. The van der Waals surface area contributed by atoms with Crippen molar-refractivity contribution in [2.75, 3.05) is 4.90 Å². The van der Waals surface area contributed by atoms with Gasteiger partial charge in [0, 0.05) is 22.5 Å². The molecule has 0 saturated heterocycles. The Balaban J connectivity index is 0.000000136. The summed E-state index contributed by atoms with van der Waals surface area (Å²) in [5.74, 6) is 0. The minimum atomic E-state index is 0.234. The molecule has 113 heavy (non-hydrogen) atoms. The van der Waals surface area contributed by atoms with Gasteiger partial charge in [0.1, 0.15) is 0 Å². The van der Waals surface area contributed by atoms with E-state index in [0.717, 1.165) is 6.42 Å². The molecule has 0 aliphatic heterocycles. The monoisotopic (exact) mass is 1470 g/mol. The third kappa shape index (κ3) is 17.9. The molecule has 1 heteroatoms. The standard InChI is InChI=1S/C46H32.C31H46.C20H19N.C15H16/c1-29-17-21-33(22-18-29)41-37-15-9-10-16-38(37)42(34-23-19-30(2)20-24-34)46-40-28-26-36(32-13-7-4-8-14-32)43-35(31-11-5-3-6-12-31)25-27-39(44(40)43)45(41)46;1-5-7-9-11-13-15-21-31(22-16-14-12-10-8-6-2)29-23-25(3)17-19-27(29)28-20-18-26(4)24-30(28)31;1-16-8-12-19(13-9-16)21(18-6-4-3-5-7-18)20-14-10-17(2)11-15-20;1-12-3-7-14(8-4-12)11-15-9-5-13(2)6-10-15/h3-28H,1-2H3;17-20,23-24H,5-16,21-22H2,1-4H3;3-15H,1-2H3;3-10H,11H2,1-2H3. The number of nitrogens with zero attached hydrogens (tertiary/aromatic N) is 1. The summed E-state index contributed by atoms with van der Waals surface area (Å²) < 4.78 is 0. The predicted molar refractivity (Wildman–Crippen MR) is 491 cm³/mol. The van der Waals surface area contributed by atoms with E-state index >= 15 is 0 Å². The van der Waals surface area contributed by atoms with Gasteiger partial charge >= 0.3 is 0 Å². The highest BCUT2D eigenvalue weighted by Gasteiger charge is 2.42. The van der Waals surface area contributed by atoms with Crippen molar-refractivity contribution in [1.29, 1.82) is 0 Å². The predicted octanol–water partition coefficient (Wildman–Crippen LogP) is 32.7. The Labute approximate surface area is 676 Å². The van der Waals surface area contributed by atoms with Crippen LogP contribution >= 0.6 is 0 Å². The van der Waals surface area contributed by atoms with E-state index in [4.69, 9.17) is 0 Å². The number of rotatable bonds is 23. The normalized spacial score (nSPS) is 11.9. The number of unbranched alkanes of at least 4 members (excludes halogenated alkanes) is 10. The lowest BCUT2D eigenvalue weighted by Crippen LogP contribution is -2.25. The van der Waals surface area contributed by atoms with E-state index in [9.17, 15) is 0 Å². The molecule has 0 heterocycles. The van der Waals surface area contributed by atoms with Gasteiger partial charge in [-0.2, -0.15) is 0 Å². The first-order valence-corrected chi connectivity index (χ1v) is 42.0. The summed E-state index contributed by atoms with van der Waals surface area (Å²) in [6, 6.07) is 118. The third-order valence-corrected chi connectivity index (χ3v) is 23.6. The van der Waals surface area contributed by atoms with Gasteiger partial charge in [0.25, 0.3) is 0 Å². The van der Waals surface area contributed by atoms with E-state index in [1.54, 1.807) is 11.1 Å². The molecule has 0 bridgehead atoms. The number of para-hydroxylation sites is 1. The number of benzene rings is 15. The van der Waals surface area contributed by atoms with Crippen LogP contribution in [0.1, 0.15) is 171 Å². The maximum Gasteiger partial charge on any atom is 0.0461 e.